The average molecular weight is 416 g/mol. The van der Waals surface area contributed by atoms with Gasteiger partial charge in [-0.1, -0.05) is 46.3 Å². The number of nitrogens with one attached hydrogen (secondary N) is 1. The topological polar surface area (TPSA) is 30.5 Å². The van der Waals surface area contributed by atoms with Gasteiger partial charge in [-0.25, -0.2) is 4.39 Å². The van der Waals surface area contributed by atoms with Crippen molar-refractivity contribution in [1.82, 2.24) is 0 Å². The molecular formula is C21H19BrFNO2. The van der Waals surface area contributed by atoms with Gasteiger partial charge in [-0.05, 0) is 36.4 Å². The van der Waals surface area contributed by atoms with Crippen LogP contribution >= 0.6 is 15.9 Å². The first-order chi connectivity index (χ1) is 12.7. The Morgan fingerprint density at radius 2 is 1.65 bits per heavy atom. The molecule has 0 amide bonds. The molecule has 3 nitrogen and oxygen atoms in total. The van der Waals surface area contributed by atoms with E-state index in [1.54, 1.807) is 25.3 Å². The van der Waals surface area contributed by atoms with E-state index in [1.807, 2.05) is 42.5 Å². The summed E-state index contributed by atoms with van der Waals surface area (Å²) in [6, 6.07) is 20.2. The van der Waals surface area contributed by atoms with Gasteiger partial charge in [0.15, 0.2) is 11.5 Å². The molecule has 3 aromatic rings. The molecule has 5 heteroatoms. The summed E-state index contributed by atoms with van der Waals surface area (Å²) >= 11 is 3.43. The zero-order valence-corrected chi connectivity index (χ0v) is 15.9. The van der Waals surface area contributed by atoms with Crippen LogP contribution in [-0.2, 0) is 13.2 Å². The molecule has 26 heavy (non-hydrogen) atoms. The average Bonchev–Trinajstić information content (AvgIpc) is 2.67. The molecule has 0 aliphatic heterocycles. The third kappa shape index (κ3) is 4.55. The van der Waals surface area contributed by atoms with E-state index in [9.17, 15) is 4.39 Å². The summed E-state index contributed by atoms with van der Waals surface area (Å²) in [5.74, 6) is 0.955. The number of methoxy groups -OCH3 is 1. The molecular weight excluding hydrogens is 397 g/mol. The van der Waals surface area contributed by atoms with Crippen molar-refractivity contribution in [1.29, 1.82) is 0 Å². The van der Waals surface area contributed by atoms with Crippen molar-refractivity contribution in [3.05, 3.63) is 88.1 Å². The summed E-state index contributed by atoms with van der Waals surface area (Å²) < 4.78 is 26.2. The Bertz CT molecular complexity index is 868. The smallest absolute Gasteiger partial charge is 0.166 e. The van der Waals surface area contributed by atoms with Crippen molar-refractivity contribution < 1.29 is 13.9 Å². The number of anilines is 1. The Morgan fingerprint density at radius 1 is 0.923 bits per heavy atom. The summed E-state index contributed by atoms with van der Waals surface area (Å²) in [7, 11) is 1.59. The zero-order valence-electron chi connectivity index (χ0n) is 14.3. The Hall–Kier alpha value is -2.53. The lowest BCUT2D eigenvalue weighted by Gasteiger charge is -2.16. The predicted molar refractivity (Wildman–Crippen MR) is 105 cm³/mol. The molecule has 3 rings (SSSR count). The second kappa shape index (κ2) is 8.72. The van der Waals surface area contributed by atoms with Crippen molar-refractivity contribution in [2.45, 2.75) is 13.2 Å². The van der Waals surface area contributed by atoms with Crippen LogP contribution in [0.25, 0.3) is 0 Å². The minimum atomic E-state index is -0.281. The number of halogens is 2. The molecule has 0 unspecified atom stereocenters. The summed E-state index contributed by atoms with van der Waals surface area (Å²) in [5, 5.41) is 3.36. The molecule has 134 valence electrons. The van der Waals surface area contributed by atoms with Gasteiger partial charge in [-0.2, -0.15) is 0 Å². The van der Waals surface area contributed by atoms with Crippen LogP contribution in [0.3, 0.4) is 0 Å². The molecule has 0 spiro atoms. The second-order valence-corrected chi connectivity index (χ2v) is 6.60. The third-order valence-electron chi connectivity index (χ3n) is 3.94. The van der Waals surface area contributed by atoms with E-state index in [-0.39, 0.29) is 12.4 Å². The number of para-hydroxylation sites is 1. The lowest BCUT2D eigenvalue weighted by molar-refractivity contribution is 0.277. The van der Waals surface area contributed by atoms with Crippen molar-refractivity contribution in [3.8, 4) is 11.5 Å². The van der Waals surface area contributed by atoms with Crippen molar-refractivity contribution in [3.63, 3.8) is 0 Å². The van der Waals surface area contributed by atoms with E-state index in [0.717, 1.165) is 15.7 Å². The highest BCUT2D eigenvalue weighted by molar-refractivity contribution is 9.10. The molecule has 0 atom stereocenters. The van der Waals surface area contributed by atoms with E-state index in [1.165, 1.54) is 6.07 Å². The van der Waals surface area contributed by atoms with E-state index in [2.05, 4.69) is 21.2 Å². The molecule has 0 aliphatic rings. The maximum Gasteiger partial charge on any atom is 0.166 e. The minimum absolute atomic E-state index is 0.137. The lowest BCUT2D eigenvalue weighted by Crippen LogP contribution is -2.06. The van der Waals surface area contributed by atoms with Gasteiger partial charge < -0.3 is 14.8 Å². The first kappa shape index (κ1) is 18.3. The first-order valence-electron chi connectivity index (χ1n) is 8.19. The normalized spacial score (nSPS) is 10.4. The number of benzene rings is 3. The molecule has 0 heterocycles. The van der Waals surface area contributed by atoms with E-state index >= 15 is 0 Å². The van der Waals surface area contributed by atoms with Crippen LogP contribution in [0.5, 0.6) is 11.5 Å². The summed E-state index contributed by atoms with van der Waals surface area (Å²) in [6.45, 7) is 0.698. The summed E-state index contributed by atoms with van der Waals surface area (Å²) in [6.07, 6.45) is 0. The first-order valence-corrected chi connectivity index (χ1v) is 8.98. The van der Waals surface area contributed by atoms with Crippen LogP contribution in [-0.4, -0.2) is 7.11 Å². The second-order valence-electron chi connectivity index (χ2n) is 5.69. The standard InChI is InChI=1S/C21H19BrFNO2/c1-25-20-8-4-6-15(13-24-18-11-9-17(22)10-12-18)21(20)26-14-16-5-2-3-7-19(16)23/h2-12,24H,13-14H2,1H3. The Balaban J connectivity index is 1.77. The van der Waals surface area contributed by atoms with Gasteiger partial charge in [-0.15, -0.1) is 0 Å². The Labute approximate surface area is 160 Å². The zero-order chi connectivity index (χ0) is 18.4. The summed E-state index contributed by atoms with van der Waals surface area (Å²) in [5.41, 5.74) is 2.44. The van der Waals surface area contributed by atoms with Crippen molar-refractivity contribution in [2.24, 2.45) is 0 Å². The molecule has 0 bridgehead atoms. The van der Waals surface area contributed by atoms with Crippen LogP contribution < -0.4 is 14.8 Å². The fraction of sp³-hybridized carbons (Fsp3) is 0.143. The SMILES string of the molecule is COc1cccc(CNc2ccc(Br)cc2)c1OCc1ccccc1F. The quantitative estimate of drug-likeness (QED) is 0.529. The van der Waals surface area contributed by atoms with Gasteiger partial charge in [-0.3, -0.25) is 0 Å². The highest BCUT2D eigenvalue weighted by Crippen LogP contribution is 2.32. The molecule has 0 saturated carbocycles. The van der Waals surface area contributed by atoms with Crippen LogP contribution in [0, 0.1) is 5.82 Å². The van der Waals surface area contributed by atoms with E-state index < -0.39 is 0 Å². The van der Waals surface area contributed by atoms with Crippen molar-refractivity contribution in [2.75, 3.05) is 12.4 Å². The minimum Gasteiger partial charge on any atom is -0.493 e. The highest BCUT2D eigenvalue weighted by atomic mass is 79.9. The van der Waals surface area contributed by atoms with E-state index in [4.69, 9.17) is 9.47 Å². The molecule has 0 radical (unpaired) electrons. The molecule has 0 aromatic heterocycles. The van der Waals surface area contributed by atoms with Gasteiger partial charge in [0.05, 0.1) is 7.11 Å². The molecule has 0 saturated heterocycles. The van der Waals surface area contributed by atoms with Gasteiger partial charge in [0, 0.05) is 27.8 Å². The highest BCUT2D eigenvalue weighted by Gasteiger charge is 2.12. The number of hydrogen-bond donors (Lipinski definition) is 1. The third-order valence-corrected chi connectivity index (χ3v) is 4.47. The van der Waals surface area contributed by atoms with Gasteiger partial charge in [0.25, 0.3) is 0 Å². The van der Waals surface area contributed by atoms with Crippen LogP contribution in [0.4, 0.5) is 10.1 Å². The maximum absolute atomic E-state index is 13.8. The predicted octanol–water partition coefficient (Wildman–Crippen LogP) is 5.79. The van der Waals surface area contributed by atoms with Gasteiger partial charge in [0.1, 0.15) is 12.4 Å². The lowest BCUT2D eigenvalue weighted by atomic mass is 10.1. The molecule has 0 fully saturated rings. The number of ether oxygens (including phenoxy) is 2. The number of hydrogen-bond acceptors (Lipinski definition) is 3. The monoisotopic (exact) mass is 415 g/mol. The Morgan fingerprint density at radius 3 is 2.38 bits per heavy atom. The molecule has 3 aromatic carbocycles. The largest absolute Gasteiger partial charge is 0.493 e. The number of rotatable bonds is 7. The van der Waals surface area contributed by atoms with Gasteiger partial charge >= 0.3 is 0 Å². The molecule has 0 aliphatic carbocycles. The van der Waals surface area contributed by atoms with E-state index in [0.29, 0.717) is 23.6 Å². The van der Waals surface area contributed by atoms with Gasteiger partial charge in [0.2, 0.25) is 0 Å². The maximum atomic E-state index is 13.8. The fourth-order valence-electron chi connectivity index (χ4n) is 2.56. The van der Waals surface area contributed by atoms with Crippen LogP contribution in [0.2, 0.25) is 0 Å². The molecule has 1 N–H and O–H groups in total. The van der Waals surface area contributed by atoms with Crippen LogP contribution in [0.1, 0.15) is 11.1 Å². The van der Waals surface area contributed by atoms with Crippen molar-refractivity contribution >= 4 is 21.6 Å². The summed E-state index contributed by atoms with van der Waals surface area (Å²) in [4.78, 5) is 0. The fourth-order valence-corrected chi connectivity index (χ4v) is 2.82. The Kier molecular flexibility index (Phi) is 6.12. The van der Waals surface area contributed by atoms with Crippen LogP contribution in [0.15, 0.2) is 71.2 Å².